The van der Waals surface area contributed by atoms with Crippen molar-refractivity contribution < 1.29 is 9.50 Å². The first kappa shape index (κ1) is 15.4. The second-order valence-corrected chi connectivity index (χ2v) is 5.76. The summed E-state index contributed by atoms with van der Waals surface area (Å²) in [6.45, 7) is 0.198. The molecule has 2 aromatic rings. The highest BCUT2D eigenvalue weighted by Gasteiger charge is 2.25. The largest absolute Gasteiger partial charge is 0.388 e. The van der Waals surface area contributed by atoms with Crippen LogP contribution in [0.2, 0.25) is 5.02 Å². The van der Waals surface area contributed by atoms with Gasteiger partial charge in [0.2, 0.25) is 0 Å². The second kappa shape index (κ2) is 6.68. The van der Waals surface area contributed by atoms with Gasteiger partial charge in [0.15, 0.2) is 0 Å². The van der Waals surface area contributed by atoms with Gasteiger partial charge in [-0.15, -0.1) is 0 Å². The van der Waals surface area contributed by atoms with Crippen molar-refractivity contribution in [2.24, 2.45) is 5.73 Å². The van der Waals surface area contributed by atoms with Crippen LogP contribution in [0.5, 0.6) is 0 Å². The van der Waals surface area contributed by atoms with E-state index in [9.17, 15) is 9.50 Å². The van der Waals surface area contributed by atoms with Gasteiger partial charge in [0, 0.05) is 27.5 Å². The smallest absolute Gasteiger partial charge is 0.130 e. The van der Waals surface area contributed by atoms with Crippen molar-refractivity contribution in [1.82, 2.24) is 0 Å². The van der Waals surface area contributed by atoms with E-state index in [1.54, 1.807) is 36.4 Å². The van der Waals surface area contributed by atoms with E-state index in [1.807, 2.05) is 0 Å². The third-order valence-corrected chi connectivity index (χ3v) is 4.17. The Labute approximate surface area is 130 Å². The highest BCUT2D eigenvalue weighted by Crippen LogP contribution is 2.35. The van der Waals surface area contributed by atoms with E-state index in [-0.39, 0.29) is 12.1 Å². The fraction of sp³-hybridized carbons (Fsp3) is 0.200. The molecule has 0 radical (unpaired) electrons. The van der Waals surface area contributed by atoms with Crippen molar-refractivity contribution in [2.45, 2.75) is 12.0 Å². The molecule has 0 heterocycles. The van der Waals surface area contributed by atoms with Gasteiger partial charge < -0.3 is 10.8 Å². The molecular formula is C15H14BrClFNO. The van der Waals surface area contributed by atoms with Crippen LogP contribution in [0.25, 0.3) is 0 Å². The summed E-state index contributed by atoms with van der Waals surface area (Å²) in [5.74, 6) is -0.861. The van der Waals surface area contributed by atoms with Crippen molar-refractivity contribution in [3.63, 3.8) is 0 Å². The van der Waals surface area contributed by atoms with Gasteiger partial charge in [0.25, 0.3) is 0 Å². The molecule has 0 fully saturated rings. The van der Waals surface area contributed by atoms with Gasteiger partial charge in [-0.05, 0) is 29.8 Å². The first-order chi connectivity index (χ1) is 9.54. The van der Waals surface area contributed by atoms with E-state index in [2.05, 4.69) is 15.9 Å². The van der Waals surface area contributed by atoms with Gasteiger partial charge in [0.1, 0.15) is 5.82 Å². The van der Waals surface area contributed by atoms with Gasteiger partial charge >= 0.3 is 0 Å². The summed E-state index contributed by atoms with van der Waals surface area (Å²) in [5, 5.41) is 11.1. The van der Waals surface area contributed by atoms with Crippen molar-refractivity contribution in [3.05, 3.63) is 68.9 Å². The number of aliphatic hydroxyl groups is 1. The van der Waals surface area contributed by atoms with E-state index in [1.165, 1.54) is 6.07 Å². The fourth-order valence-electron chi connectivity index (χ4n) is 2.15. The lowest BCUT2D eigenvalue weighted by Gasteiger charge is -2.23. The summed E-state index contributed by atoms with van der Waals surface area (Å²) < 4.78 is 14.5. The lowest BCUT2D eigenvalue weighted by atomic mass is 9.89. The summed E-state index contributed by atoms with van der Waals surface area (Å²) in [6.07, 6.45) is -1.03. The molecule has 0 spiro atoms. The predicted molar refractivity (Wildman–Crippen MR) is 82.3 cm³/mol. The number of hydrogen-bond acceptors (Lipinski definition) is 2. The molecule has 0 saturated heterocycles. The summed E-state index contributed by atoms with van der Waals surface area (Å²) in [5.41, 5.74) is 6.79. The lowest BCUT2D eigenvalue weighted by Crippen LogP contribution is -2.21. The third kappa shape index (κ3) is 3.20. The summed E-state index contributed by atoms with van der Waals surface area (Å²) in [7, 11) is 0. The number of rotatable bonds is 4. The maximum Gasteiger partial charge on any atom is 0.130 e. The molecule has 2 rings (SSSR count). The molecule has 2 atom stereocenters. The van der Waals surface area contributed by atoms with E-state index >= 15 is 0 Å². The molecule has 5 heteroatoms. The Balaban J connectivity index is 2.39. The Morgan fingerprint density at radius 1 is 1.20 bits per heavy atom. The Hall–Kier alpha value is -0.940. The monoisotopic (exact) mass is 357 g/mol. The van der Waals surface area contributed by atoms with Gasteiger partial charge in [-0.3, -0.25) is 0 Å². The average molecular weight is 359 g/mol. The Morgan fingerprint density at radius 2 is 1.85 bits per heavy atom. The summed E-state index contributed by atoms with van der Waals surface area (Å²) in [4.78, 5) is 0. The van der Waals surface area contributed by atoms with Crippen LogP contribution in [-0.2, 0) is 0 Å². The molecule has 0 aliphatic carbocycles. The molecule has 2 nitrogen and oxygen atoms in total. The maximum absolute atomic E-state index is 13.9. The zero-order valence-corrected chi connectivity index (χ0v) is 12.9. The first-order valence-corrected chi connectivity index (χ1v) is 7.29. The molecule has 0 aliphatic heterocycles. The minimum atomic E-state index is -1.03. The number of halogens is 3. The number of aliphatic hydroxyl groups excluding tert-OH is 1. The van der Waals surface area contributed by atoms with E-state index in [0.29, 0.717) is 9.50 Å². The summed E-state index contributed by atoms with van der Waals surface area (Å²) >= 11 is 9.11. The topological polar surface area (TPSA) is 46.2 Å². The van der Waals surface area contributed by atoms with Crippen molar-refractivity contribution in [2.75, 3.05) is 6.54 Å². The number of hydrogen-bond donors (Lipinski definition) is 2. The van der Waals surface area contributed by atoms with Crippen LogP contribution in [0.4, 0.5) is 4.39 Å². The van der Waals surface area contributed by atoms with E-state index in [4.69, 9.17) is 17.3 Å². The molecule has 2 unspecified atom stereocenters. The highest BCUT2D eigenvalue weighted by molar-refractivity contribution is 9.10. The molecule has 20 heavy (non-hydrogen) atoms. The van der Waals surface area contributed by atoms with Crippen LogP contribution in [0.1, 0.15) is 23.1 Å². The van der Waals surface area contributed by atoms with E-state index in [0.717, 1.165) is 5.56 Å². The van der Waals surface area contributed by atoms with Crippen molar-refractivity contribution in [1.29, 1.82) is 0 Å². The fourth-order valence-corrected chi connectivity index (χ4v) is 2.85. The van der Waals surface area contributed by atoms with Crippen LogP contribution < -0.4 is 5.73 Å². The van der Waals surface area contributed by atoms with Gasteiger partial charge in [-0.1, -0.05) is 45.7 Å². The highest BCUT2D eigenvalue weighted by atomic mass is 79.9. The number of nitrogens with two attached hydrogens (primary N) is 1. The van der Waals surface area contributed by atoms with Crippen molar-refractivity contribution in [3.8, 4) is 0 Å². The zero-order valence-electron chi connectivity index (χ0n) is 10.6. The predicted octanol–water partition coefficient (Wildman–Crippen LogP) is 4.02. The van der Waals surface area contributed by atoms with E-state index < -0.39 is 17.8 Å². The lowest BCUT2D eigenvalue weighted by molar-refractivity contribution is 0.142. The maximum atomic E-state index is 13.9. The quantitative estimate of drug-likeness (QED) is 0.867. The van der Waals surface area contributed by atoms with Crippen LogP contribution in [0.3, 0.4) is 0 Å². The molecule has 0 amide bonds. The standard InChI is InChI=1S/C15H14BrClFNO/c16-12-2-1-3-13(18)14(12)15(20)11(8-19)9-4-6-10(17)7-5-9/h1-7,11,15,20H,8,19H2. The molecule has 2 aromatic carbocycles. The van der Waals surface area contributed by atoms with Crippen LogP contribution in [0, 0.1) is 5.82 Å². The van der Waals surface area contributed by atoms with Gasteiger partial charge in [0.05, 0.1) is 6.10 Å². The van der Waals surface area contributed by atoms with Crippen LogP contribution >= 0.6 is 27.5 Å². The SMILES string of the molecule is NCC(c1ccc(Cl)cc1)C(O)c1c(F)cccc1Br. The third-order valence-electron chi connectivity index (χ3n) is 3.23. The van der Waals surface area contributed by atoms with Crippen molar-refractivity contribution >= 4 is 27.5 Å². The Kier molecular flexibility index (Phi) is 5.16. The van der Waals surface area contributed by atoms with Crippen LogP contribution in [0.15, 0.2) is 46.9 Å². The minimum Gasteiger partial charge on any atom is -0.388 e. The molecule has 106 valence electrons. The second-order valence-electron chi connectivity index (χ2n) is 4.47. The molecular weight excluding hydrogens is 345 g/mol. The average Bonchev–Trinajstić information content (AvgIpc) is 2.41. The van der Waals surface area contributed by atoms with Gasteiger partial charge in [-0.2, -0.15) is 0 Å². The normalized spacial score (nSPS) is 14.1. The Morgan fingerprint density at radius 3 is 2.40 bits per heavy atom. The minimum absolute atomic E-state index is 0.198. The molecule has 3 N–H and O–H groups in total. The number of benzene rings is 2. The zero-order chi connectivity index (χ0) is 14.7. The Bertz CT molecular complexity index is 571. The summed E-state index contributed by atoms with van der Waals surface area (Å²) in [6, 6.07) is 11.6. The first-order valence-electron chi connectivity index (χ1n) is 6.12. The molecule has 0 bridgehead atoms. The molecule has 0 saturated carbocycles. The van der Waals surface area contributed by atoms with Gasteiger partial charge in [-0.25, -0.2) is 4.39 Å². The molecule has 0 aliphatic rings. The molecule has 0 aromatic heterocycles. The van der Waals surface area contributed by atoms with Crippen LogP contribution in [-0.4, -0.2) is 11.7 Å².